The summed E-state index contributed by atoms with van der Waals surface area (Å²) in [6.07, 6.45) is 6.07. The van der Waals surface area contributed by atoms with Gasteiger partial charge in [-0.3, -0.25) is 14.9 Å². The van der Waals surface area contributed by atoms with Gasteiger partial charge in [0.15, 0.2) is 5.13 Å². The normalized spacial score (nSPS) is 10.7. The second kappa shape index (κ2) is 7.38. The summed E-state index contributed by atoms with van der Waals surface area (Å²) in [6.45, 7) is 0. The number of furan rings is 1. The summed E-state index contributed by atoms with van der Waals surface area (Å²) in [6, 6.07) is 10.1. The fourth-order valence-corrected chi connectivity index (χ4v) is 2.44. The number of benzene rings is 1. The summed E-state index contributed by atoms with van der Waals surface area (Å²) in [5.74, 6) is -0.0159. The molecule has 0 radical (unpaired) electrons. The number of thiazole rings is 1. The lowest BCUT2D eigenvalue weighted by Crippen LogP contribution is -2.13. The Labute approximate surface area is 141 Å². The molecule has 120 valence electrons. The van der Waals surface area contributed by atoms with Gasteiger partial charge >= 0.3 is 0 Å². The Morgan fingerprint density at radius 1 is 1.17 bits per heavy atom. The molecule has 3 rings (SSSR count). The van der Waals surface area contributed by atoms with Gasteiger partial charge in [0, 0.05) is 28.9 Å². The van der Waals surface area contributed by atoms with Crippen molar-refractivity contribution in [2.75, 3.05) is 10.6 Å². The standard InChI is InChI=1S/C17H13N3O3S/c21-15(7-6-14-5-2-9-23-14)19-13-4-1-3-12(11-13)16(22)20-17-18-8-10-24-17/h1-11H,(H,19,21)(H,18,20,22)/b7-6+. The van der Waals surface area contributed by atoms with E-state index in [1.165, 1.54) is 23.7 Å². The minimum atomic E-state index is -0.316. The lowest BCUT2D eigenvalue weighted by atomic mass is 10.2. The topological polar surface area (TPSA) is 84.2 Å². The van der Waals surface area contributed by atoms with E-state index < -0.39 is 0 Å². The molecule has 2 aromatic heterocycles. The number of amides is 2. The van der Waals surface area contributed by atoms with Crippen LogP contribution in [0, 0.1) is 0 Å². The Hall–Kier alpha value is -3.19. The third kappa shape index (κ3) is 4.17. The van der Waals surface area contributed by atoms with E-state index in [0.717, 1.165) is 0 Å². The average molecular weight is 339 g/mol. The number of nitrogens with zero attached hydrogens (tertiary/aromatic N) is 1. The fourth-order valence-electron chi connectivity index (χ4n) is 1.92. The molecule has 6 nitrogen and oxygen atoms in total. The highest BCUT2D eigenvalue weighted by Gasteiger charge is 2.08. The molecule has 0 fully saturated rings. The third-order valence-corrected chi connectivity index (χ3v) is 3.68. The predicted octanol–water partition coefficient (Wildman–Crippen LogP) is 3.64. The van der Waals surface area contributed by atoms with Crippen LogP contribution in [0.15, 0.2) is 64.7 Å². The van der Waals surface area contributed by atoms with Crippen LogP contribution in [0.25, 0.3) is 6.08 Å². The summed E-state index contributed by atoms with van der Waals surface area (Å²) in [7, 11) is 0. The van der Waals surface area contributed by atoms with Crippen LogP contribution in [-0.4, -0.2) is 16.8 Å². The van der Waals surface area contributed by atoms with E-state index in [-0.39, 0.29) is 11.8 Å². The highest BCUT2D eigenvalue weighted by molar-refractivity contribution is 7.13. The van der Waals surface area contributed by atoms with Crippen molar-refractivity contribution < 1.29 is 14.0 Å². The van der Waals surface area contributed by atoms with Crippen molar-refractivity contribution in [1.82, 2.24) is 4.98 Å². The van der Waals surface area contributed by atoms with Crippen LogP contribution in [-0.2, 0) is 4.79 Å². The molecule has 24 heavy (non-hydrogen) atoms. The molecule has 0 saturated carbocycles. The molecule has 2 amide bonds. The highest BCUT2D eigenvalue weighted by atomic mass is 32.1. The molecule has 0 unspecified atom stereocenters. The van der Waals surface area contributed by atoms with Crippen molar-refractivity contribution >= 4 is 40.0 Å². The number of rotatable bonds is 5. The first kappa shape index (κ1) is 15.7. The van der Waals surface area contributed by atoms with Crippen LogP contribution in [0.3, 0.4) is 0 Å². The van der Waals surface area contributed by atoms with E-state index in [0.29, 0.717) is 22.1 Å². The van der Waals surface area contributed by atoms with Gasteiger partial charge in [-0.15, -0.1) is 11.3 Å². The number of anilines is 2. The van der Waals surface area contributed by atoms with Crippen LogP contribution in [0.2, 0.25) is 0 Å². The zero-order chi connectivity index (χ0) is 16.8. The maximum Gasteiger partial charge on any atom is 0.257 e. The first-order valence-corrected chi connectivity index (χ1v) is 7.92. The zero-order valence-electron chi connectivity index (χ0n) is 12.4. The molecule has 0 saturated heterocycles. The van der Waals surface area contributed by atoms with Crippen molar-refractivity contribution in [1.29, 1.82) is 0 Å². The zero-order valence-corrected chi connectivity index (χ0v) is 13.2. The van der Waals surface area contributed by atoms with Gasteiger partial charge < -0.3 is 9.73 Å². The molecule has 2 N–H and O–H groups in total. The number of hydrogen-bond acceptors (Lipinski definition) is 5. The monoisotopic (exact) mass is 339 g/mol. The van der Waals surface area contributed by atoms with Gasteiger partial charge in [0.2, 0.25) is 5.91 Å². The van der Waals surface area contributed by atoms with Crippen LogP contribution in [0.1, 0.15) is 16.1 Å². The summed E-state index contributed by atoms with van der Waals surface area (Å²) in [4.78, 5) is 28.0. The largest absolute Gasteiger partial charge is 0.465 e. The molecule has 1 aromatic carbocycles. The van der Waals surface area contributed by atoms with Crippen LogP contribution in [0.5, 0.6) is 0 Å². The molecule has 0 bridgehead atoms. The van der Waals surface area contributed by atoms with Crippen LogP contribution < -0.4 is 10.6 Å². The van der Waals surface area contributed by atoms with Crippen molar-refractivity contribution in [2.24, 2.45) is 0 Å². The van der Waals surface area contributed by atoms with Gasteiger partial charge in [-0.2, -0.15) is 0 Å². The molecule has 0 aliphatic heterocycles. The molecular weight excluding hydrogens is 326 g/mol. The lowest BCUT2D eigenvalue weighted by molar-refractivity contribution is -0.111. The Bertz CT molecular complexity index is 855. The Balaban J connectivity index is 1.64. The second-order valence-corrected chi connectivity index (χ2v) is 5.60. The van der Waals surface area contributed by atoms with Crippen molar-refractivity contribution in [2.45, 2.75) is 0 Å². The minimum Gasteiger partial charge on any atom is -0.465 e. The molecular formula is C17H13N3O3S. The molecule has 0 atom stereocenters. The number of carbonyl (C=O) groups excluding carboxylic acids is 2. The SMILES string of the molecule is O=C(/C=C/c1ccco1)Nc1cccc(C(=O)Nc2nccs2)c1. The molecule has 3 aromatic rings. The summed E-state index contributed by atoms with van der Waals surface area (Å²) in [5, 5.41) is 7.69. The van der Waals surface area contributed by atoms with Crippen LogP contribution in [0.4, 0.5) is 10.8 Å². The van der Waals surface area contributed by atoms with Gasteiger partial charge in [-0.1, -0.05) is 6.07 Å². The molecule has 2 heterocycles. The Morgan fingerprint density at radius 3 is 2.83 bits per heavy atom. The maximum atomic E-state index is 12.1. The van der Waals surface area contributed by atoms with E-state index >= 15 is 0 Å². The number of aromatic nitrogens is 1. The average Bonchev–Trinajstić information content (AvgIpc) is 3.27. The molecule has 0 aliphatic carbocycles. The minimum absolute atomic E-state index is 0.285. The van der Waals surface area contributed by atoms with Crippen LogP contribution >= 0.6 is 11.3 Å². The molecule has 0 spiro atoms. The number of nitrogens with one attached hydrogen (secondary N) is 2. The first-order valence-electron chi connectivity index (χ1n) is 7.04. The predicted molar refractivity (Wildman–Crippen MR) is 92.9 cm³/mol. The first-order chi connectivity index (χ1) is 11.7. The molecule has 0 aliphatic rings. The van der Waals surface area contributed by atoms with Gasteiger partial charge in [-0.25, -0.2) is 4.98 Å². The Morgan fingerprint density at radius 2 is 2.08 bits per heavy atom. The number of carbonyl (C=O) groups is 2. The van der Waals surface area contributed by atoms with Crippen molar-refractivity contribution in [3.05, 3.63) is 71.6 Å². The summed E-state index contributed by atoms with van der Waals surface area (Å²) < 4.78 is 5.11. The lowest BCUT2D eigenvalue weighted by Gasteiger charge is -2.05. The smallest absolute Gasteiger partial charge is 0.257 e. The fraction of sp³-hybridized carbons (Fsp3) is 0. The second-order valence-electron chi connectivity index (χ2n) is 4.71. The third-order valence-electron chi connectivity index (χ3n) is 2.99. The van der Waals surface area contributed by atoms with Gasteiger partial charge in [0.05, 0.1) is 6.26 Å². The summed E-state index contributed by atoms with van der Waals surface area (Å²) in [5.41, 5.74) is 0.953. The van der Waals surface area contributed by atoms with Crippen molar-refractivity contribution in [3.8, 4) is 0 Å². The van der Waals surface area contributed by atoms with Gasteiger partial charge in [0.25, 0.3) is 5.91 Å². The summed E-state index contributed by atoms with van der Waals surface area (Å²) >= 11 is 1.34. The van der Waals surface area contributed by atoms with E-state index in [9.17, 15) is 9.59 Å². The van der Waals surface area contributed by atoms with E-state index in [1.54, 1.807) is 54.1 Å². The van der Waals surface area contributed by atoms with E-state index in [1.807, 2.05) is 0 Å². The highest BCUT2D eigenvalue weighted by Crippen LogP contribution is 2.15. The van der Waals surface area contributed by atoms with Crippen molar-refractivity contribution in [3.63, 3.8) is 0 Å². The molecule has 7 heteroatoms. The number of hydrogen-bond donors (Lipinski definition) is 2. The van der Waals surface area contributed by atoms with Gasteiger partial charge in [-0.05, 0) is 36.4 Å². The maximum absolute atomic E-state index is 12.1. The van der Waals surface area contributed by atoms with Gasteiger partial charge in [0.1, 0.15) is 5.76 Å². The van der Waals surface area contributed by atoms with E-state index in [2.05, 4.69) is 15.6 Å². The Kier molecular flexibility index (Phi) is 4.83. The van der Waals surface area contributed by atoms with E-state index in [4.69, 9.17) is 4.42 Å². The quantitative estimate of drug-likeness (QED) is 0.695.